The van der Waals surface area contributed by atoms with Gasteiger partial charge in [0.1, 0.15) is 0 Å². The van der Waals surface area contributed by atoms with E-state index in [0.29, 0.717) is 29.0 Å². The number of nitrogens with one attached hydrogen (secondary N) is 3. The second-order valence-corrected chi connectivity index (χ2v) is 10.9. The summed E-state index contributed by atoms with van der Waals surface area (Å²) >= 11 is 0. The first-order valence-corrected chi connectivity index (χ1v) is 13.3. The van der Waals surface area contributed by atoms with Crippen LogP contribution in [0.1, 0.15) is 29.3 Å². The maximum Gasteiger partial charge on any atom is 0.261 e. The largest absolute Gasteiger partial charge is 0.322 e. The molecule has 0 saturated carbocycles. The number of hydrogen-bond donors (Lipinski definition) is 3. The average Bonchev–Trinajstić information content (AvgIpc) is 2.77. The summed E-state index contributed by atoms with van der Waals surface area (Å²) in [5.41, 5.74) is 2.08. The minimum absolute atomic E-state index is 0.00257. The summed E-state index contributed by atoms with van der Waals surface area (Å²) in [5.74, 6) is -0.455. The fourth-order valence-corrected chi connectivity index (χ4v) is 5.32. The van der Waals surface area contributed by atoms with E-state index in [1.807, 2.05) is 0 Å². The van der Waals surface area contributed by atoms with Gasteiger partial charge in [0.05, 0.1) is 16.3 Å². The molecule has 3 aromatic rings. The first-order valence-electron chi connectivity index (χ1n) is 10.2. The van der Waals surface area contributed by atoms with Crippen molar-refractivity contribution in [2.24, 2.45) is 0 Å². The molecule has 10 heteroatoms. The van der Waals surface area contributed by atoms with Gasteiger partial charge in [0.25, 0.3) is 15.9 Å². The van der Waals surface area contributed by atoms with Crippen molar-refractivity contribution < 1.29 is 21.6 Å². The summed E-state index contributed by atoms with van der Waals surface area (Å²) < 4.78 is 54.3. The standard InChI is InChI=1S/C23H25N3O5S2/c1-3-16-32(28,29)26-22-11-7-10-21(17(22)2)24-23(27)18-12-14-20(15-13-18)33(30,31)25-19-8-5-4-6-9-19/h4-15,25-26H,3,16H2,1-2H3,(H,24,27). The Kier molecular flexibility index (Phi) is 7.39. The summed E-state index contributed by atoms with van der Waals surface area (Å²) in [6.45, 7) is 3.47. The Bertz CT molecular complexity index is 1340. The highest BCUT2D eigenvalue weighted by Gasteiger charge is 2.17. The van der Waals surface area contributed by atoms with Gasteiger partial charge in [-0.15, -0.1) is 0 Å². The van der Waals surface area contributed by atoms with Gasteiger partial charge in [0.2, 0.25) is 10.0 Å². The van der Waals surface area contributed by atoms with E-state index in [1.165, 1.54) is 24.3 Å². The quantitative estimate of drug-likeness (QED) is 0.418. The summed E-state index contributed by atoms with van der Waals surface area (Å²) in [6, 6.07) is 18.9. The monoisotopic (exact) mass is 487 g/mol. The van der Waals surface area contributed by atoms with Crippen molar-refractivity contribution in [1.29, 1.82) is 0 Å². The molecule has 1 amide bonds. The van der Waals surface area contributed by atoms with Crippen LogP contribution in [0.25, 0.3) is 0 Å². The molecular weight excluding hydrogens is 462 g/mol. The topological polar surface area (TPSA) is 121 Å². The van der Waals surface area contributed by atoms with Crippen LogP contribution in [0.4, 0.5) is 17.1 Å². The van der Waals surface area contributed by atoms with Crippen molar-refractivity contribution in [1.82, 2.24) is 0 Å². The Morgan fingerprint density at radius 3 is 2.06 bits per heavy atom. The molecule has 8 nitrogen and oxygen atoms in total. The number of rotatable bonds is 9. The van der Waals surface area contributed by atoms with Gasteiger partial charge in [0, 0.05) is 16.9 Å². The predicted octanol–water partition coefficient (Wildman–Crippen LogP) is 4.20. The normalized spacial score (nSPS) is 11.6. The third kappa shape index (κ3) is 6.33. The van der Waals surface area contributed by atoms with Crippen molar-refractivity contribution in [3.63, 3.8) is 0 Å². The van der Waals surface area contributed by atoms with Crippen LogP contribution in [-0.2, 0) is 20.0 Å². The minimum atomic E-state index is -3.80. The molecule has 33 heavy (non-hydrogen) atoms. The van der Waals surface area contributed by atoms with Gasteiger partial charge in [-0.05, 0) is 67.4 Å². The molecule has 174 valence electrons. The smallest absolute Gasteiger partial charge is 0.261 e. The van der Waals surface area contributed by atoms with E-state index in [2.05, 4.69) is 14.8 Å². The van der Waals surface area contributed by atoms with Crippen molar-refractivity contribution in [2.45, 2.75) is 25.2 Å². The molecule has 0 aliphatic heterocycles. The Morgan fingerprint density at radius 2 is 1.42 bits per heavy atom. The molecule has 3 N–H and O–H groups in total. The molecule has 0 unspecified atom stereocenters. The van der Waals surface area contributed by atoms with E-state index >= 15 is 0 Å². The number of benzene rings is 3. The Morgan fingerprint density at radius 1 is 0.788 bits per heavy atom. The zero-order valence-corrected chi connectivity index (χ0v) is 19.8. The Hall–Kier alpha value is -3.37. The number of hydrogen-bond acceptors (Lipinski definition) is 5. The maximum atomic E-state index is 12.7. The third-order valence-corrected chi connectivity index (χ3v) is 7.65. The molecule has 0 bridgehead atoms. The van der Waals surface area contributed by atoms with Crippen LogP contribution in [-0.4, -0.2) is 28.5 Å². The number of para-hydroxylation sites is 1. The zero-order chi connectivity index (χ0) is 24.1. The van der Waals surface area contributed by atoms with Crippen molar-refractivity contribution in [2.75, 3.05) is 20.5 Å². The van der Waals surface area contributed by atoms with Gasteiger partial charge >= 0.3 is 0 Å². The van der Waals surface area contributed by atoms with Crippen molar-refractivity contribution in [3.05, 3.63) is 83.9 Å². The van der Waals surface area contributed by atoms with E-state index in [0.717, 1.165) is 0 Å². The highest BCUT2D eigenvalue weighted by atomic mass is 32.2. The first-order chi connectivity index (χ1) is 15.6. The fraction of sp³-hybridized carbons (Fsp3) is 0.174. The molecule has 0 spiro atoms. The second kappa shape index (κ2) is 10.1. The molecule has 3 rings (SSSR count). The molecular formula is C23H25N3O5S2. The maximum absolute atomic E-state index is 12.7. The molecule has 0 heterocycles. The fourth-order valence-electron chi connectivity index (χ4n) is 3.07. The summed E-state index contributed by atoms with van der Waals surface area (Å²) in [5, 5.41) is 2.74. The van der Waals surface area contributed by atoms with Crippen molar-refractivity contribution in [3.8, 4) is 0 Å². The van der Waals surface area contributed by atoms with Gasteiger partial charge in [-0.1, -0.05) is 31.2 Å². The van der Waals surface area contributed by atoms with Crippen LogP contribution in [0, 0.1) is 6.92 Å². The van der Waals surface area contributed by atoms with Crippen LogP contribution in [0.5, 0.6) is 0 Å². The van der Waals surface area contributed by atoms with Gasteiger partial charge in [-0.25, -0.2) is 16.8 Å². The molecule has 0 aliphatic rings. The Labute approximate surface area is 194 Å². The van der Waals surface area contributed by atoms with Crippen LogP contribution in [0.3, 0.4) is 0 Å². The molecule has 0 aromatic heterocycles. The van der Waals surface area contributed by atoms with E-state index in [4.69, 9.17) is 0 Å². The molecule has 0 saturated heterocycles. The lowest BCUT2D eigenvalue weighted by molar-refractivity contribution is 0.102. The summed E-state index contributed by atoms with van der Waals surface area (Å²) in [6.07, 6.45) is 0.484. The van der Waals surface area contributed by atoms with Gasteiger partial charge in [-0.2, -0.15) is 0 Å². The summed E-state index contributed by atoms with van der Waals surface area (Å²) in [7, 11) is -7.27. The third-order valence-electron chi connectivity index (χ3n) is 4.77. The molecule has 0 atom stereocenters. The van der Waals surface area contributed by atoms with Gasteiger partial charge in [-0.3, -0.25) is 14.2 Å². The lowest BCUT2D eigenvalue weighted by Crippen LogP contribution is -2.18. The van der Waals surface area contributed by atoms with E-state index in [1.54, 1.807) is 62.4 Å². The first kappa shape index (κ1) is 24.3. The predicted molar refractivity (Wildman–Crippen MR) is 131 cm³/mol. The van der Waals surface area contributed by atoms with Gasteiger partial charge < -0.3 is 5.32 Å². The van der Waals surface area contributed by atoms with E-state index in [-0.39, 0.29) is 16.2 Å². The molecule has 0 fully saturated rings. The van der Waals surface area contributed by atoms with Crippen LogP contribution >= 0.6 is 0 Å². The number of amides is 1. The van der Waals surface area contributed by atoms with E-state index in [9.17, 15) is 21.6 Å². The van der Waals surface area contributed by atoms with Crippen molar-refractivity contribution >= 4 is 43.0 Å². The van der Waals surface area contributed by atoms with Crippen LogP contribution in [0.2, 0.25) is 0 Å². The SMILES string of the molecule is CCCS(=O)(=O)Nc1cccc(NC(=O)c2ccc(S(=O)(=O)Nc3ccccc3)cc2)c1C. The van der Waals surface area contributed by atoms with Gasteiger partial charge in [0.15, 0.2) is 0 Å². The lowest BCUT2D eigenvalue weighted by Gasteiger charge is -2.14. The molecule has 0 aliphatic carbocycles. The molecule has 0 radical (unpaired) electrons. The highest BCUT2D eigenvalue weighted by Crippen LogP contribution is 2.25. The zero-order valence-electron chi connectivity index (χ0n) is 18.2. The Balaban J connectivity index is 1.74. The average molecular weight is 488 g/mol. The number of carbonyl (C=O) groups excluding carboxylic acids is 1. The highest BCUT2D eigenvalue weighted by molar-refractivity contribution is 7.93. The number of carbonyl (C=O) groups is 1. The minimum Gasteiger partial charge on any atom is -0.322 e. The van der Waals surface area contributed by atoms with Crippen LogP contribution < -0.4 is 14.8 Å². The summed E-state index contributed by atoms with van der Waals surface area (Å²) in [4.78, 5) is 12.7. The number of sulfonamides is 2. The van der Waals surface area contributed by atoms with E-state index < -0.39 is 26.0 Å². The second-order valence-electron chi connectivity index (χ2n) is 7.35. The number of anilines is 3. The van der Waals surface area contributed by atoms with Crippen LogP contribution in [0.15, 0.2) is 77.7 Å². The molecule has 3 aromatic carbocycles. The lowest BCUT2D eigenvalue weighted by atomic mass is 10.1.